The Labute approximate surface area is 140 Å². The number of nitrogens with zero attached hydrogens (tertiary/aromatic N) is 5. The van der Waals surface area contributed by atoms with Crippen LogP contribution in [0.2, 0.25) is 0 Å². The summed E-state index contributed by atoms with van der Waals surface area (Å²) in [6.07, 6.45) is -0.618. The monoisotopic (exact) mass is 354 g/mol. The standard InChI is InChI=1S/C12H18N8O5/c1-19(10(13)23)8-6-9(17-3-16-8)20(4-18-6)12(15)11(14,24)7(22)5(2-21)25-12/h3-5,7,21-22,24H,2,14-15H2,1H3,(H2,13,23)/t5-,7-,11-,12+/m1/s1. The van der Waals surface area contributed by atoms with Crippen molar-refractivity contribution in [1.29, 1.82) is 0 Å². The number of rotatable bonds is 3. The van der Waals surface area contributed by atoms with Gasteiger partial charge in [0.25, 0.3) is 0 Å². The number of imidazole rings is 1. The molecule has 2 aromatic heterocycles. The number of anilines is 1. The first kappa shape index (κ1) is 17.4. The molecule has 0 saturated carbocycles. The van der Waals surface area contributed by atoms with Crippen LogP contribution in [-0.2, 0) is 10.6 Å². The summed E-state index contributed by atoms with van der Waals surface area (Å²) in [6, 6.07) is -0.778. The molecular formula is C12H18N8O5. The molecule has 13 heteroatoms. The van der Waals surface area contributed by atoms with Crippen molar-refractivity contribution in [3.63, 3.8) is 0 Å². The van der Waals surface area contributed by atoms with Gasteiger partial charge in [-0.25, -0.2) is 19.7 Å². The topological polar surface area (TPSA) is 212 Å². The van der Waals surface area contributed by atoms with Gasteiger partial charge in [0, 0.05) is 7.05 Å². The van der Waals surface area contributed by atoms with Gasteiger partial charge in [0.15, 0.2) is 17.0 Å². The molecule has 25 heavy (non-hydrogen) atoms. The Hall–Kier alpha value is -2.42. The number of urea groups is 1. The normalized spacial score (nSPS) is 32.2. The van der Waals surface area contributed by atoms with E-state index in [2.05, 4.69) is 15.0 Å². The fourth-order valence-electron chi connectivity index (χ4n) is 2.69. The summed E-state index contributed by atoms with van der Waals surface area (Å²) in [4.78, 5) is 24.5. The summed E-state index contributed by atoms with van der Waals surface area (Å²) in [5.74, 6) is -2.09. The number of aromatic nitrogens is 4. The molecule has 2 aromatic rings. The number of aliphatic hydroxyl groups excluding tert-OH is 2. The third-order valence-electron chi connectivity index (χ3n) is 4.21. The molecule has 1 saturated heterocycles. The third kappa shape index (κ3) is 2.25. The molecule has 0 bridgehead atoms. The average molecular weight is 354 g/mol. The Morgan fingerprint density at radius 2 is 2.12 bits per heavy atom. The summed E-state index contributed by atoms with van der Waals surface area (Å²) < 4.78 is 6.47. The number of aliphatic hydroxyl groups is 3. The molecule has 4 atom stereocenters. The van der Waals surface area contributed by atoms with E-state index in [1.165, 1.54) is 7.05 Å². The number of primary amides is 1. The van der Waals surface area contributed by atoms with Crippen LogP contribution in [0.4, 0.5) is 10.6 Å². The zero-order valence-electron chi connectivity index (χ0n) is 13.1. The highest BCUT2D eigenvalue weighted by Gasteiger charge is 2.63. The van der Waals surface area contributed by atoms with Crippen LogP contribution >= 0.6 is 0 Å². The van der Waals surface area contributed by atoms with Gasteiger partial charge in [0.1, 0.15) is 24.9 Å². The molecule has 0 aliphatic carbocycles. The Morgan fingerprint density at radius 3 is 2.68 bits per heavy atom. The second kappa shape index (κ2) is 5.55. The average Bonchev–Trinajstić information content (AvgIpc) is 3.08. The highest BCUT2D eigenvalue weighted by molar-refractivity contribution is 5.96. The largest absolute Gasteiger partial charge is 0.394 e. The Bertz CT molecular complexity index is 825. The summed E-state index contributed by atoms with van der Waals surface area (Å²) in [5.41, 5.74) is 14.8. The molecule has 0 radical (unpaired) electrons. The highest BCUT2D eigenvalue weighted by Crippen LogP contribution is 2.38. The van der Waals surface area contributed by atoms with E-state index in [0.717, 1.165) is 22.1 Å². The van der Waals surface area contributed by atoms with Crippen LogP contribution in [-0.4, -0.2) is 72.5 Å². The smallest absolute Gasteiger partial charge is 0.320 e. The Kier molecular flexibility index (Phi) is 3.86. The fraction of sp³-hybridized carbons (Fsp3) is 0.500. The van der Waals surface area contributed by atoms with Gasteiger partial charge >= 0.3 is 6.03 Å². The molecule has 1 fully saturated rings. The van der Waals surface area contributed by atoms with E-state index in [0.29, 0.717) is 0 Å². The highest BCUT2D eigenvalue weighted by atomic mass is 16.6. The van der Waals surface area contributed by atoms with Crippen molar-refractivity contribution in [3.05, 3.63) is 12.7 Å². The van der Waals surface area contributed by atoms with Gasteiger partial charge in [0.2, 0.25) is 11.6 Å². The van der Waals surface area contributed by atoms with Crippen molar-refractivity contribution < 1.29 is 24.9 Å². The minimum absolute atomic E-state index is 0.0651. The van der Waals surface area contributed by atoms with Crippen molar-refractivity contribution in [2.75, 3.05) is 18.6 Å². The summed E-state index contributed by atoms with van der Waals surface area (Å²) in [6.45, 7) is -0.628. The molecule has 1 aliphatic heterocycles. The number of ether oxygens (including phenoxy) is 1. The maximum atomic E-state index is 11.4. The third-order valence-corrected chi connectivity index (χ3v) is 4.21. The van der Waals surface area contributed by atoms with Gasteiger partial charge in [-0.3, -0.25) is 20.9 Å². The van der Waals surface area contributed by atoms with E-state index in [1.54, 1.807) is 0 Å². The SMILES string of the molecule is CN(C(N)=O)c1ncnc2c1ncn2[C@]1(N)O[C@H](CO)[C@@H](O)[C@@]1(N)O. The number of hydrogen-bond acceptors (Lipinski definition) is 10. The number of nitrogens with two attached hydrogens (primary N) is 3. The summed E-state index contributed by atoms with van der Waals surface area (Å²) in [5, 5.41) is 29.8. The number of carbonyl (C=O) groups excluding carboxylic acids is 1. The molecule has 0 unspecified atom stereocenters. The lowest BCUT2D eigenvalue weighted by Crippen LogP contribution is -2.68. The number of hydrogen-bond donors (Lipinski definition) is 6. The maximum Gasteiger partial charge on any atom is 0.320 e. The van der Waals surface area contributed by atoms with Crippen LogP contribution in [0.1, 0.15) is 0 Å². The predicted octanol–water partition coefficient (Wildman–Crippen LogP) is -3.69. The van der Waals surface area contributed by atoms with Crippen molar-refractivity contribution in [2.24, 2.45) is 17.2 Å². The minimum Gasteiger partial charge on any atom is -0.394 e. The molecule has 1 aliphatic rings. The van der Waals surface area contributed by atoms with Crippen LogP contribution in [0.25, 0.3) is 11.2 Å². The van der Waals surface area contributed by atoms with E-state index >= 15 is 0 Å². The number of fused-ring (bicyclic) bond motifs is 1. The first-order chi connectivity index (χ1) is 11.6. The molecule has 0 aromatic carbocycles. The van der Waals surface area contributed by atoms with E-state index in [9.17, 15) is 20.1 Å². The van der Waals surface area contributed by atoms with Crippen LogP contribution in [0.15, 0.2) is 12.7 Å². The first-order valence-electron chi connectivity index (χ1n) is 7.13. The number of carbonyl (C=O) groups is 1. The molecule has 2 amide bonds. The molecular weight excluding hydrogens is 336 g/mol. The second-order valence-corrected chi connectivity index (χ2v) is 5.69. The van der Waals surface area contributed by atoms with Crippen LogP contribution in [0.3, 0.4) is 0 Å². The van der Waals surface area contributed by atoms with Crippen LogP contribution in [0, 0.1) is 0 Å². The van der Waals surface area contributed by atoms with E-state index in [4.69, 9.17) is 21.9 Å². The van der Waals surface area contributed by atoms with Gasteiger partial charge < -0.3 is 25.8 Å². The van der Waals surface area contributed by atoms with Gasteiger partial charge in [-0.1, -0.05) is 0 Å². The van der Waals surface area contributed by atoms with Crippen LogP contribution < -0.4 is 22.1 Å². The van der Waals surface area contributed by atoms with Gasteiger partial charge in [0.05, 0.1) is 6.61 Å². The summed E-state index contributed by atoms with van der Waals surface area (Å²) in [7, 11) is 1.39. The van der Waals surface area contributed by atoms with Crippen molar-refractivity contribution in [2.45, 2.75) is 23.8 Å². The van der Waals surface area contributed by atoms with E-state index < -0.39 is 36.4 Å². The minimum atomic E-state index is -2.46. The van der Waals surface area contributed by atoms with E-state index in [-0.39, 0.29) is 17.0 Å². The lowest BCUT2D eigenvalue weighted by atomic mass is 10.0. The molecule has 3 rings (SSSR count). The molecule has 9 N–H and O–H groups in total. The zero-order chi connectivity index (χ0) is 18.6. The zero-order valence-corrected chi connectivity index (χ0v) is 13.1. The Balaban J connectivity index is 2.17. The van der Waals surface area contributed by atoms with Gasteiger partial charge in [-0.05, 0) is 0 Å². The fourth-order valence-corrected chi connectivity index (χ4v) is 2.69. The van der Waals surface area contributed by atoms with Crippen LogP contribution in [0.5, 0.6) is 0 Å². The molecule has 13 nitrogen and oxygen atoms in total. The lowest BCUT2D eigenvalue weighted by molar-refractivity contribution is -0.188. The Morgan fingerprint density at radius 1 is 1.44 bits per heavy atom. The molecule has 0 spiro atoms. The number of amides is 2. The first-order valence-corrected chi connectivity index (χ1v) is 7.13. The maximum absolute atomic E-state index is 11.4. The second-order valence-electron chi connectivity index (χ2n) is 5.69. The van der Waals surface area contributed by atoms with E-state index in [1.807, 2.05) is 0 Å². The van der Waals surface area contributed by atoms with Crippen molar-refractivity contribution >= 4 is 23.0 Å². The van der Waals surface area contributed by atoms with Gasteiger partial charge in [-0.15, -0.1) is 0 Å². The predicted molar refractivity (Wildman–Crippen MR) is 82.6 cm³/mol. The molecule has 3 heterocycles. The van der Waals surface area contributed by atoms with Crippen molar-refractivity contribution in [3.8, 4) is 0 Å². The summed E-state index contributed by atoms with van der Waals surface area (Å²) >= 11 is 0. The van der Waals surface area contributed by atoms with Gasteiger partial charge in [-0.2, -0.15) is 0 Å². The van der Waals surface area contributed by atoms with Crippen molar-refractivity contribution in [1.82, 2.24) is 19.5 Å². The quantitative estimate of drug-likeness (QED) is 0.297. The lowest BCUT2D eigenvalue weighted by Gasteiger charge is -2.36. The molecule has 136 valence electrons.